The van der Waals surface area contributed by atoms with Crippen molar-refractivity contribution in [3.05, 3.63) is 188 Å². The minimum Gasteiger partial charge on any atom is -0.456 e. The fraction of sp³-hybridized carbons (Fsp3) is 0. The molecule has 0 aliphatic carbocycles. The van der Waals surface area contributed by atoms with Gasteiger partial charge in [0.15, 0.2) is 17.5 Å². The van der Waals surface area contributed by atoms with Gasteiger partial charge in [-0.05, 0) is 76.3 Å². The van der Waals surface area contributed by atoms with E-state index in [2.05, 4.69) is 152 Å². The van der Waals surface area contributed by atoms with Crippen molar-refractivity contribution in [1.29, 1.82) is 0 Å². The van der Waals surface area contributed by atoms with Crippen LogP contribution in [0.5, 0.6) is 0 Å². The molecule has 0 radical (unpaired) electrons. The summed E-state index contributed by atoms with van der Waals surface area (Å²) in [7, 11) is 0. The second-order valence-electron chi connectivity index (χ2n) is 14.0. The summed E-state index contributed by atoms with van der Waals surface area (Å²) in [4.78, 5) is 15.0. The van der Waals surface area contributed by atoms with Crippen LogP contribution in [0.1, 0.15) is 0 Å². The average molecular weight is 734 g/mol. The Bertz CT molecular complexity index is 3240. The zero-order valence-electron chi connectivity index (χ0n) is 30.1. The number of hydrogen-bond donors (Lipinski definition) is 0. The van der Waals surface area contributed by atoms with E-state index in [0.717, 1.165) is 60.9 Å². The molecule has 5 heteroatoms. The van der Waals surface area contributed by atoms with Gasteiger partial charge in [0, 0.05) is 53.2 Å². The second kappa shape index (κ2) is 13.3. The summed E-state index contributed by atoms with van der Waals surface area (Å²) >= 11 is 1.86. The van der Waals surface area contributed by atoms with Gasteiger partial charge in [0.25, 0.3) is 0 Å². The van der Waals surface area contributed by atoms with Gasteiger partial charge in [-0.1, -0.05) is 140 Å². The molecule has 0 bridgehead atoms. The van der Waals surface area contributed by atoms with Crippen molar-refractivity contribution in [1.82, 2.24) is 15.0 Å². The first-order chi connectivity index (χ1) is 27.7. The van der Waals surface area contributed by atoms with E-state index in [9.17, 15) is 0 Å². The van der Waals surface area contributed by atoms with E-state index in [4.69, 9.17) is 19.4 Å². The van der Waals surface area contributed by atoms with E-state index in [1.807, 2.05) is 47.7 Å². The highest BCUT2D eigenvalue weighted by molar-refractivity contribution is 7.26. The van der Waals surface area contributed by atoms with Gasteiger partial charge >= 0.3 is 0 Å². The maximum atomic E-state index is 6.66. The summed E-state index contributed by atoms with van der Waals surface area (Å²) in [6.07, 6.45) is 0. The van der Waals surface area contributed by atoms with Crippen LogP contribution in [0.15, 0.2) is 192 Å². The van der Waals surface area contributed by atoms with Crippen LogP contribution in [0.2, 0.25) is 0 Å². The number of furan rings is 1. The molecular weight excluding hydrogens is 703 g/mol. The van der Waals surface area contributed by atoms with Gasteiger partial charge in [0.2, 0.25) is 0 Å². The zero-order chi connectivity index (χ0) is 37.0. The van der Waals surface area contributed by atoms with Crippen molar-refractivity contribution in [2.24, 2.45) is 0 Å². The van der Waals surface area contributed by atoms with Crippen molar-refractivity contribution < 1.29 is 4.42 Å². The van der Waals surface area contributed by atoms with Crippen LogP contribution in [0, 0.1) is 0 Å². The first-order valence-electron chi connectivity index (χ1n) is 18.7. The van der Waals surface area contributed by atoms with E-state index in [1.165, 1.54) is 31.3 Å². The van der Waals surface area contributed by atoms with Gasteiger partial charge < -0.3 is 4.42 Å². The molecule has 3 heterocycles. The highest BCUT2D eigenvalue weighted by Crippen LogP contribution is 2.43. The molecule has 4 nitrogen and oxygen atoms in total. The van der Waals surface area contributed by atoms with Crippen molar-refractivity contribution >= 4 is 53.4 Å². The van der Waals surface area contributed by atoms with Gasteiger partial charge in [-0.3, -0.25) is 0 Å². The Hall–Kier alpha value is -7.21. The van der Waals surface area contributed by atoms with Gasteiger partial charge in [-0.25, -0.2) is 15.0 Å². The maximum Gasteiger partial charge on any atom is 0.164 e. The lowest BCUT2D eigenvalue weighted by Crippen LogP contribution is -2.00. The largest absolute Gasteiger partial charge is 0.456 e. The van der Waals surface area contributed by atoms with Crippen LogP contribution in [-0.2, 0) is 0 Å². The predicted octanol–water partition coefficient (Wildman–Crippen LogP) is 14.1. The first-order valence-corrected chi connectivity index (χ1v) is 19.5. The number of aromatic nitrogens is 3. The fourth-order valence-corrected chi connectivity index (χ4v) is 8.96. The van der Waals surface area contributed by atoms with Crippen LogP contribution >= 0.6 is 11.3 Å². The Morgan fingerprint density at radius 2 is 0.839 bits per heavy atom. The lowest BCUT2D eigenvalue weighted by Gasteiger charge is -2.09. The SMILES string of the molecule is c1ccc(-c2cccc(-c3nc(-c4ccccc4)nc(-c4ccc5c(c4)oc4cc(-c6cc(-c7ccccc7)c7sc8ccccc8c7c6)ccc45)n3)c2)cc1. The molecule has 56 heavy (non-hydrogen) atoms. The number of fused-ring (bicyclic) bond motifs is 6. The summed E-state index contributed by atoms with van der Waals surface area (Å²) in [6, 6.07) is 65.7. The summed E-state index contributed by atoms with van der Waals surface area (Å²) in [5.41, 5.74) is 11.3. The van der Waals surface area contributed by atoms with Crippen LogP contribution < -0.4 is 0 Å². The predicted molar refractivity (Wildman–Crippen MR) is 233 cm³/mol. The third-order valence-electron chi connectivity index (χ3n) is 10.5. The minimum absolute atomic E-state index is 0.590. The summed E-state index contributed by atoms with van der Waals surface area (Å²) in [6.45, 7) is 0. The Morgan fingerprint density at radius 3 is 1.55 bits per heavy atom. The molecule has 0 amide bonds. The van der Waals surface area contributed by atoms with E-state index in [1.54, 1.807) is 0 Å². The van der Waals surface area contributed by atoms with Crippen molar-refractivity contribution in [2.45, 2.75) is 0 Å². The molecule has 11 aromatic rings. The van der Waals surface area contributed by atoms with E-state index in [0.29, 0.717) is 17.5 Å². The molecule has 0 aliphatic rings. The highest BCUT2D eigenvalue weighted by Gasteiger charge is 2.17. The number of benzene rings is 8. The number of nitrogens with zero attached hydrogens (tertiary/aromatic N) is 3. The lowest BCUT2D eigenvalue weighted by molar-refractivity contribution is 0.669. The van der Waals surface area contributed by atoms with Crippen LogP contribution in [0.25, 0.3) is 110 Å². The van der Waals surface area contributed by atoms with Gasteiger partial charge in [0.05, 0.1) is 0 Å². The molecule has 0 spiro atoms. The number of hydrogen-bond acceptors (Lipinski definition) is 5. The van der Waals surface area contributed by atoms with E-state index in [-0.39, 0.29) is 0 Å². The molecule has 8 aromatic carbocycles. The van der Waals surface area contributed by atoms with Gasteiger partial charge in [-0.2, -0.15) is 0 Å². The minimum atomic E-state index is 0.590. The monoisotopic (exact) mass is 733 g/mol. The fourth-order valence-electron chi connectivity index (χ4n) is 7.74. The van der Waals surface area contributed by atoms with Gasteiger partial charge in [-0.15, -0.1) is 11.3 Å². The quantitative estimate of drug-likeness (QED) is 0.171. The van der Waals surface area contributed by atoms with E-state index < -0.39 is 0 Å². The maximum absolute atomic E-state index is 6.66. The Kier molecular flexibility index (Phi) is 7.64. The Balaban J connectivity index is 1.03. The van der Waals surface area contributed by atoms with Crippen LogP contribution in [0.3, 0.4) is 0 Å². The Morgan fingerprint density at radius 1 is 0.321 bits per heavy atom. The van der Waals surface area contributed by atoms with Crippen molar-refractivity contribution in [3.8, 4) is 67.5 Å². The third-order valence-corrected chi connectivity index (χ3v) is 11.7. The van der Waals surface area contributed by atoms with Gasteiger partial charge in [0.1, 0.15) is 11.2 Å². The number of rotatable bonds is 6. The van der Waals surface area contributed by atoms with E-state index >= 15 is 0 Å². The molecule has 0 saturated carbocycles. The van der Waals surface area contributed by atoms with Crippen LogP contribution in [-0.4, -0.2) is 15.0 Å². The second-order valence-corrected chi connectivity index (χ2v) is 15.1. The highest BCUT2D eigenvalue weighted by atomic mass is 32.1. The molecule has 11 rings (SSSR count). The molecule has 262 valence electrons. The summed E-state index contributed by atoms with van der Waals surface area (Å²) in [5.74, 6) is 1.83. The van der Waals surface area contributed by atoms with Crippen LogP contribution in [0.4, 0.5) is 0 Å². The lowest BCUT2D eigenvalue weighted by atomic mass is 9.95. The smallest absolute Gasteiger partial charge is 0.164 e. The number of thiophene rings is 1. The summed E-state index contributed by atoms with van der Waals surface area (Å²) < 4.78 is 9.26. The Labute approximate surface area is 327 Å². The topological polar surface area (TPSA) is 51.8 Å². The molecule has 0 aliphatic heterocycles. The molecule has 0 atom stereocenters. The molecule has 0 unspecified atom stereocenters. The molecule has 3 aromatic heterocycles. The normalized spacial score (nSPS) is 11.6. The van der Waals surface area contributed by atoms with Crippen molar-refractivity contribution in [2.75, 3.05) is 0 Å². The molecule has 0 saturated heterocycles. The third kappa shape index (κ3) is 5.65. The molecule has 0 N–H and O–H groups in total. The molecule has 0 fully saturated rings. The zero-order valence-corrected chi connectivity index (χ0v) is 30.9. The standard InChI is InChI=1S/C51H31N3OS/c1-4-13-32(14-5-1)35-19-12-20-37(27-35)50-52-49(34-17-8-3-9-18-34)53-51(54-50)38-24-26-41-40-25-23-36(30-45(40)55-46(41)31-38)39-28-43(33-15-6-2-7-16-33)48-44(29-39)42-21-10-11-22-47(42)56-48/h1-31H. The first kappa shape index (κ1) is 32.2. The summed E-state index contributed by atoms with van der Waals surface area (Å²) in [5, 5.41) is 4.67. The molecular formula is C51H31N3OS. The van der Waals surface area contributed by atoms with Crippen molar-refractivity contribution in [3.63, 3.8) is 0 Å². The average Bonchev–Trinajstić information content (AvgIpc) is 3.84.